The first-order valence-electron chi connectivity index (χ1n) is 8.30. The number of hydrogen-bond donors (Lipinski definition) is 1. The molecule has 0 aromatic carbocycles. The van der Waals surface area contributed by atoms with Crippen molar-refractivity contribution in [2.75, 3.05) is 12.3 Å². The fraction of sp³-hybridized carbons (Fsp3) is 0.588. The summed E-state index contributed by atoms with van der Waals surface area (Å²) in [5.41, 5.74) is 2.07. The number of aryl methyl sites for hydroxylation is 1. The number of hydrogen-bond acceptors (Lipinski definition) is 4. The van der Waals surface area contributed by atoms with Crippen molar-refractivity contribution in [3.8, 4) is 0 Å². The van der Waals surface area contributed by atoms with Crippen molar-refractivity contribution in [2.24, 2.45) is 0 Å². The molecule has 5 nitrogen and oxygen atoms in total. The van der Waals surface area contributed by atoms with Crippen LogP contribution in [0.25, 0.3) is 0 Å². The van der Waals surface area contributed by atoms with E-state index in [1.165, 1.54) is 31.3 Å². The summed E-state index contributed by atoms with van der Waals surface area (Å²) < 4.78 is 1.68. The van der Waals surface area contributed by atoms with E-state index in [-0.39, 0.29) is 17.5 Å². The first-order valence-corrected chi connectivity index (χ1v) is 9.29. The molecule has 2 aliphatic rings. The Kier molecular flexibility index (Phi) is 5.20. The highest BCUT2D eigenvalue weighted by Crippen LogP contribution is 2.31. The number of carbonyl (C=O) groups is 1. The highest BCUT2D eigenvalue weighted by Gasteiger charge is 2.27. The quantitative estimate of drug-likeness (QED) is 0.664. The van der Waals surface area contributed by atoms with Gasteiger partial charge >= 0.3 is 0 Å². The summed E-state index contributed by atoms with van der Waals surface area (Å²) in [5.74, 6) is 0.762. The van der Waals surface area contributed by atoms with E-state index in [9.17, 15) is 9.59 Å². The number of carbonyl (C=O) groups excluding carboxylic acids is 1. The molecule has 23 heavy (non-hydrogen) atoms. The topological polar surface area (TPSA) is 64.0 Å². The minimum atomic E-state index is -0.0798. The number of nitrogens with zero attached hydrogens (tertiary/aromatic N) is 2. The molecule has 0 fully saturated rings. The molecule has 0 radical (unpaired) electrons. The van der Waals surface area contributed by atoms with Crippen LogP contribution in [0.15, 0.2) is 27.8 Å². The summed E-state index contributed by atoms with van der Waals surface area (Å²) in [5, 5.41) is 3.72. The Labute approximate surface area is 140 Å². The predicted molar refractivity (Wildman–Crippen MR) is 91.8 cm³/mol. The van der Waals surface area contributed by atoms with E-state index in [1.54, 1.807) is 29.4 Å². The number of aromatic nitrogens is 2. The molecule has 1 unspecified atom stereocenters. The van der Waals surface area contributed by atoms with Gasteiger partial charge in [0.15, 0.2) is 5.16 Å². The van der Waals surface area contributed by atoms with Crippen LogP contribution in [0.3, 0.4) is 0 Å². The van der Waals surface area contributed by atoms with Crippen molar-refractivity contribution in [3.05, 3.63) is 33.8 Å². The van der Waals surface area contributed by atoms with Crippen LogP contribution in [0.2, 0.25) is 0 Å². The number of thioether (sulfide) groups is 1. The van der Waals surface area contributed by atoms with Gasteiger partial charge in [0.1, 0.15) is 0 Å². The fourth-order valence-corrected chi connectivity index (χ4v) is 4.26. The molecule has 0 saturated carbocycles. The number of fused-ring (bicyclic) bond motifs is 1. The maximum Gasteiger partial charge on any atom is 0.257 e. The average Bonchev–Trinajstić information content (AvgIpc) is 2.95. The summed E-state index contributed by atoms with van der Waals surface area (Å²) >= 11 is 1.55. The van der Waals surface area contributed by atoms with E-state index >= 15 is 0 Å². The zero-order chi connectivity index (χ0) is 16.2. The molecule has 1 amide bonds. The van der Waals surface area contributed by atoms with Crippen LogP contribution in [-0.4, -0.2) is 27.8 Å². The van der Waals surface area contributed by atoms with E-state index < -0.39 is 0 Å². The third kappa shape index (κ3) is 3.86. The lowest BCUT2D eigenvalue weighted by molar-refractivity contribution is -0.121. The Morgan fingerprint density at radius 3 is 3.13 bits per heavy atom. The van der Waals surface area contributed by atoms with E-state index in [1.807, 2.05) is 0 Å². The molecular formula is C17H23N3O2S. The largest absolute Gasteiger partial charge is 0.356 e. The molecule has 0 spiro atoms. The van der Waals surface area contributed by atoms with Gasteiger partial charge in [-0.25, -0.2) is 4.98 Å². The molecule has 3 rings (SSSR count). The molecule has 124 valence electrons. The van der Waals surface area contributed by atoms with Gasteiger partial charge in [0.25, 0.3) is 5.56 Å². The summed E-state index contributed by atoms with van der Waals surface area (Å²) in [6, 6.07) is -0.0798. The monoisotopic (exact) mass is 333 g/mol. The van der Waals surface area contributed by atoms with Crippen LogP contribution in [0, 0.1) is 6.92 Å². The van der Waals surface area contributed by atoms with Gasteiger partial charge in [-0.05, 0) is 39.0 Å². The van der Waals surface area contributed by atoms with Gasteiger partial charge in [0.05, 0.1) is 6.04 Å². The summed E-state index contributed by atoms with van der Waals surface area (Å²) in [4.78, 5) is 28.7. The molecule has 1 aliphatic carbocycles. The zero-order valence-electron chi connectivity index (χ0n) is 13.5. The first-order chi connectivity index (χ1) is 11.1. The molecule has 1 aromatic rings. The second kappa shape index (κ2) is 7.34. The third-order valence-corrected chi connectivity index (χ3v) is 5.59. The Balaban J connectivity index is 1.53. The van der Waals surface area contributed by atoms with Crippen LogP contribution in [-0.2, 0) is 4.79 Å². The van der Waals surface area contributed by atoms with Crippen LogP contribution in [0.1, 0.15) is 50.1 Å². The lowest BCUT2D eigenvalue weighted by Crippen LogP contribution is -2.32. The molecule has 6 heteroatoms. The highest BCUT2D eigenvalue weighted by atomic mass is 32.2. The Bertz CT molecular complexity index is 681. The van der Waals surface area contributed by atoms with Gasteiger partial charge in [0, 0.05) is 30.5 Å². The molecule has 0 bridgehead atoms. The van der Waals surface area contributed by atoms with Crippen LogP contribution < -0.4 is 10.9 Å². The van der Waals surface area contributed by atoms with E-state index in [0.717, 1.165) is 17.3 Å². The van der Waals surface area contributed by atoms with Crippen LogP contribution >= 0.6 is 11.8 Å². The van der Waals surface area contributed by atoms with Gasteiger partial charge in [-0.1, -0.05) is 23.4 Å². The molecule has 2 heterocycles. The number of nitrogens with one attached hydrogen (secondary N) is 1. The number of amides is 1. The Morgan fingerprint density at radius 2 is 2.35 bits per heavy atom. The Hall–Kier alpha value is -1.56. The Morgan fingerprint density at radius 1 is 1.48 bits per heavy atom. The summed E-state index contributed by atoms with van der Waals surface area (Å²) in [6.45, 7) is 2.46. The molecular weight excluding hydrogens is 310 g/mol. The maximum atomic E-state index is 12.2. The van der Waals surface area contributed by atoms with Gasteiger partial charge in [-0.3, -0.25) is 14.2 Å². The van der Waals surface area contributed by atoms with Crippen molar-refractivity contribution >= 4 is 17.7 Å². The second-order valence-corrected chi connectivity index (χ2v) is 7.26. The smallest absolute Gasteiger partial charge is 0.257 e. The zero-order valence-corrected chi connectivity index (χ0v) is 14.3. The summed E-state index contributed by atoms with van der Waals surface area (Å²) in [6.07, 6.45) is 10.1. The van der Waals surface area contributed by atoms with Crippen molar-refractivity contribution in [1.82, 2.24) is 14.9 Å². The SMILES string of the molecule is Cc1cnc2n(c1=O)C(CC(=O)NCCC1=CCCCC1)CS2. The van der Waals surface area contributed by atoms with Crippen LogP contribution in [0.4, 0.5) is 0 Å². The van der Waals surface area contributed by atoms with Crippen molar-refractivity contribution in [3.63, 3.8) is 0 Å². The number of rotatable bonds is 5. The van der Waals surface area contributed by atoms with Crippen molar-refractivity contribution in [1.29, 1.82) is 0 Å². The van der Waals surface area contributed by atoms with Gasteiger partial charge < -0.3 is 5.32 Å². The predicted octanol–water partition coefficient (Wildman–Crippen LogP) is 2.60. The maximum absolute atomic E-state index is 12.2. The molecule has 1 aliphatic heterocycles. The molecule has 0 saturated heterocycles. The fourth-order valence-electron chi connectivity index (χ4n) is 3.15. The lowest BCUT2D eigenvalue weighted by Gasteiger charge is -2.15. The molecule has 1 N–H and O–H groups in total. The highest BCUT2D eigenvalue weighted by molar-refractivity contribution is 7.99. The molecule has 1 atom stereocenters. The lowest BCUT2D eigenvalue weighted by atomic mass is 9.97. The third-order valence-electron chi connectivity index (χ3n) is 4.48. The average molecular weight is 333 g/mol. The number of allylic oxidation sites excluding steroid dienone is 1. The van der Waals surface area contributed by atoms with E-state index in [4.69, 9.17) is 0 Å². The van der Waals surface area contributed by atoms with Crippen molar-refractivity contribution < 1.29 is 4.79 Å². The van der Waals surface area contributed by atoms with Gasteiger partial charge in [0.2, 0.25) is 5.91 Å². The summed E-state index contributed by atoms with van der Waals surface area (Å²) in [7, 11) is 0. The van der Waals surface area contributed by atoms with E-state index in [0.29, 0.717) is 18.5 Å². The second-order valence-electron chi connectivity index (χ2n) is 6.28. The van der Waals surface area contributed by atoms with Gasteiger partial charge in [-0.2, -0.15) is 0 Å². The standard InChI is InChI=1S/C17H23N3O2S/c1-12-10-19-17-20(16(12)22)14(11-23-17)9-15(21)18-8-7-13-5-3-2-4-6-13/h5,10,14H,2-4,6-9,11H2,1H3,(H,18,21). The minimum absolute atomic E-state index is 0.0215. The van der Waals surface area contributed by atoms with Gasteiger partial charge in [-0.15, -0.1) is 0 Å². The minimum Gasteiger partial charge on any atom is -0.356 e. The molecule has 1 aromatic heterocycles. The normalized spacial score (nSPS) is 20.0. The van der Waals surface area contributed by atoms with Crippen molar-refractivity contribution in [2.45, 2.75) is 56.6 Å². The van der Waals surface area contributed by atoms with E-state index in [2.05, 4.69) is 16.4 Å². The first kappa shape index (κ1) is 16.3. The van der Waals surface area contributed by atoms with Crippen LogP contribution in [0.5, 0.6) is 0 Å².